The number of benzene rings is 1. The molecule has 1 aliphatic heterocycles. The summed E-state index contributed by atoms with van der Waals surface area (Å²) in [4.78, 5) is 24.3. The second-order valence-corrected chi connectivity index (χ2v) is 5.90. The molecule has 0 radical (unpaired) electrons. The second-order valence-electron chi connectivity index (χ2n) is 4.90. The van der Waals surface area contributed by atoms with E-state index in [4.69, 9.17) is 14.0 Å². The van der Waals surface area contributed by atoms with Crippen molar-refractivity contribution in [2.45, 2.75) is 19.0 Å². The van der Waals surface area contributed by atoms with E-state index in [2.05, 4.69) is 9.60 Å². The van der Waals surface area contributed by atoms with E-state index in [-0.39, 0.29) is 17.1 Å². The summed E-state index contributed by atoms with van der Waals surface area (Å²) in [7, 11) is -2.06. The third-order valence-electron chi connectivity index (χ3n) is 3.45. The van der Waals surface area contributed by atoms with Gasteiger partial charge in [-0.3, -0.25) is 14.1 Å². The van der Waals surface area contributed by atoms with Crippen molar-refractivity contribution in [3.05, 3.63) is 23.8 Å². The smallest absolute Gasteiger partial charge is 0.418 e. The normalized spacial score (nSPS) is 20.3. The summed E-state index contributed by atoms with van der Waals surface area (Å²) >= 11 is 0. The molecule has 0 aromatic heterocycles. The molecule has 1 heterocycles. The van der Waals surface area contributed by atoms with Crippen molar-refractivity contribution in [1.29, 1.82) is 0 Å². The SMILES string of the molecule is COc1cccc(OC)c1C(=O)N[C@@H]1C(=O)N(OS(=O)(=O)O)[C@H]1C. The van der Waals surface area contributed by atoms with Crippen molar-refractivity contribution < 1.29 is 36.3 Å². The van der Waals surface area contributed by atoms with E-state index < -0.39 is 34.3 Å². The lowest BCUT2D eigenvalue weighted by Crippen LogP contribution is -2.69. The summed E-state index contributed by atoms with van der Waals surface area (Å²) in [6.07, 6.45) is 0. The van der Waals surface area contributed by atoms with Crippen LogP contribution in [0.1, 0.15) is 17.3 Å². The van der Waals surface area contributed by atoms with Crippen LogP contribution in [0.3, 0.4) is 0 Å². The maximum atomic E-state index is 12.4. The molecular weight excluding hydrogens is 344 g/mol. The van der Waals surface area contributed by atoms with Gasteiger partial charge in [0.1, 0.15) is 23.1 Å². The predicted molar refractivity (Wildman–Crippen MR) is 79.7 cm³/mol. The van der Waals surface area contributed by atoms with Gasteiger partial charge in [-0.15, -0.1) is 4.28 Å². The minimum Gasteiger partial charge on any atom is -0.496 e. The number of rotatable bonds is 6. The first-order chi connectivity index (χ1) is 11.2. The van der Waals surface area contributed by atoms with E-state index in [1.54, 1.807) is 18.2 Å². The van der Waals surface area contributed by atoms with Gasteiger partial charge in [-0.25, -0.2) is 0 Å². The molecule has 132 valence electrons. The number of nitrogens with one attached hydrogen (secondary N) is 1. The molecule has 0 saturated carbocycles. The molecule has 0 aliphatic carbocycles. The molecule has 11 heteroatoms. The van der Waals surface area contributed by atoms with Gasteiger partial charge in [0.25, 0.3) is 11.8 Å². The molecule has 2 atom stereocenters. The molecule has 1 aliphatic rings. The Labute approximate surface area is 138 Å². The average Bonchev–Trinajstić information content (AvgIpc) is 2.55. The van der Waals surface area contributed by atoms with Crippen molar-refractivity contribution in [3.63, 3.8) is 0 Å². The van der Waals surface area contributed by atoms with Crippen LogP contribution in [0.15, 0.2) is 18.2 Å². The van der Waals surface area contributed by atoms with Crippen LogP contribution in [0.5, 0.6) is 11.5 Å². The zero-order valence-electron chi connectivity index (χ0n) is 13.0. The molecule has 2 rings (SSSR count). The standard InChI is InChI=1S/C13H16N2O8S/c1-7-11(13(17)15(7)23-24(18,19)20)14-12(16)10-8(21-2)5-4-6-9(10)22-3/h4-7,11H,1-3H3,(H,14,16)(H,18,19,20)/t7-,11-/m0/s1. The zero-order chi connectivity index (χ0) is 18.1. The lowest BCUT2D eigenvalue weighted by atomic mass is 9.99. The summed E-state index contributed by atoms with van der Waals surface area (Å²) in [5.74, 6) is -0.960. The van der Waals surface area contributed by atoms with Crippen LogP contribution in [0, 0.1) is 0 Å². The Hall–Kier alpha value is -2.37. The highest BCUT2D eigenvalue weighted by Crippen LogP contribution is 2.29. The number of hydroxylamine groups is 2. The lowest BCUT2D eigenvalue weighted by molar-refractivity contribution is -0.195. The van der Waals surface area contributed by atoms with E-state index in [9.17, 15) is 18.0 Å². The number of carbonyl (C=O) groups is 2. The highest BCUT2D eigenvalue weighted by Gasteiger charge is 2.49. The van der Waals surface area contributed by atoms with Gasteiger partial charge in [0.15, 0.2) is 0 Å². The van der Waals surface area contributed by atoms with Gasteiger partial charge in [-0.05, 0) is 19.1 Å². The van der Waals surface area contributed by atoms with E-state index >= 15 is 0 Å². The Bertz CT molecular complexity index is 741. The van der Waals surface area contributed by atoms with Gasteiger partial charge in [0.05, 0.1) is 20.3 Å². The van der Waals surface area contributed by atoms with Crippen LogP contribution >= 0.6 is 0 Å². The summed E-state index contributed by atoms with van der Waals surface area (Å²) in [5.41, 5.74) is 0.0941. The summed E-state index contributed by atoms with van der Waals surface area (Å²) < 4.78 is 44.3. The third-order valence-corrected chi connectivity index (χ3v) is 3.80. The van der Waals surface area contributed by atoms with Crippen molar-refractivity contribution >= 4 is 22.2 Å². The van der Waals surface area contributed by atoms with Crippen LogP contribution in [-0.4, -0.2) is 56.2 Å². The maximum absolute atomic E-state index is 12.4. The van der Waals surface area contributed by atoms with Crippen molar-refractivity contribution in [1.82, 2.24) is 10.4 Å². The third kappa shape index (κ3) is 3.42. The van der Waals surface area contributed by atoms with Gasteiger partial charge < -0.3 is 14.8 Å². The average molecular weight is 360 g/mol. The number of ether oxygens (including phenoxy) is 2. The highest BCUT2D eigenvalue weighted by molar-refractivity contribution is 7.80. The van der Waals surface area contributed by atoms with Crippen LogP contribution in [0.4, 0.5) is 0 Å². The number of β-lactam (4-membered cyclic amide) rings is 1. The quantitative estimate of drug-likeness (QED) is 0.525. The molecule has 10 nitrogen and oxygen atoms in total. The Morgan fingerprint density at radius 3 is 2.21 bits per heavy atom. The van der Waals surface area contributed by atoms with Crippen LogP contribution in [0.2, 0.25) is 0 Å². The summed E-state index contributed by atoms with van der Waals surface area (Å²) in [6, 6.07) is 2.92. The van der Waals surface area contributed by atoms with E-state index in [0.717, 1.165) is 0 Å². The van der Waals surface area contributed by atoms with E-state index in [0.29, 0.717) is 5.06 Å². The van der Waals surface area contributed by atoms with E-state index in [1.165, 1.54) is 21.1 Å². The molecule has 1 fully saturated rings. The molecular formula is C13H16N2O8S. The van der Waals surface area contributed by atoms with E-state index in [1.807, 2.05) is 0 Å². The molecule has 0 bridgehead atoms. The topological polar surface area (TPSA) is 131 Å². The number of hydrogen-bond acceptors (Lipinski definition) is 7. The first-order valence-electron chi connectivity index (χ1n) is 6.71. The molecule has 1 saturated heterocycles. The van der Waals surface area contributed by atoms with Gasteiger partial charge >= 0.3 is 10.4 Å². The van der Waals surface area contributed by atoms with Crippen LogP contribution < -0.4 is 14.8 Å². The molecule has 0 unspecified atom stereocenters. The molecule has 24 heavy (non-hydrogen) atoms. The van der Waals surface area contributed by atoms with Gasteiger partial charge in [-0.1, -0.05) is 6.07 Å². The fraction of sp³-hybridized carbons (Fsp3) is 0.385. The largest absolute Gasteiger partial charge is 0.496 e. The first kappa shape index (κ1) is 18.0. The van der Waals surface area contributed by atoms with Crippen molar-refractivity contribution in [2.75, 3.05) is 14.2 Å². The lowest BCUT2D eigenvalue weighted by Gasteiger charge is -2.42. The highest BCUT2D eigenvalue weighted by atomic mass is 32.3. The number of nitrogens with zero attached hydrogens (tertiary/aromatic N) is 1. The Kier molecular flexibility index (Phi) is 4.96. The molecule has 0 spiro atoms. The number of hydrogen-bond donors (Lipinski definition) is 2. The van der Waals surface area contributed by atoms with Gasteiger partial charge in [-0.2, -0.15) is 13.5 Å². The van der Waals surface area contributed by atoms with Crippen LogP contribution in [0.25, 0.3) is 0 Å². The number of carbonyl (C=O) groups excluding carboxylic acids is 2. The van der Waals surface area contributed by atoms with Crippen LogP contribution in [-0.2, 0) is 19.5 Å². The fourth-order valence-electron chi connectivity index (χ4n) is 2.27. The monoisotopic (exact) mass is 360 g/mol. The number of amides is 2. The second kappa shape index (κ2) is 6.63. The Morgan fingerprint density at radius 2 is 1.79 bits per heavy atom. The molecule has 1 aromatic carbocycles. The van der Waals surface area contributed by atoms with Crippen molar-refractivity contribution in [2.24, 2.45) is 0 Å². The van der Waals surface area contributed by atoms with Gasteiger partial charge in [0, 0.05) is 0 Å². The predicted octanol–water partition coefficient (Wildman–Crippen LogP) is -0.233. The van der Waals surface area contributed by atoms with Crippen molar-refractivity contribution in [3.8, 4) is 11.5 Å². The molecule has 2 amide bonds. The molecule has 1 aromatic rings. The number of methoxy groups -OCH3 is 2. The fourth-order valence-corrected chi connectivity index (χ4v) is 2.69. The maximum Gasteiger partial charge on any atom is 0.418 e. The molecule has 2 N–H and O–H groups in total. The zero-order valence-corrected chi connectivity index (χ0v) is 13.9. The van der Waals surface area contributed by atoms with Gasteiger partial charge in [0.2, 0.25) is 0 Å². The summed E-state index contributed by atoms with van der Waals surface area (Å²) in [5, 5.41) is 2.91. The minimum atomic E-state index is -4.82. The Balaban J connectivity index is 2.16. The Morgan fingerprint density at radius 1 is 1.25 bits per heavy atom. The summed E-state index contributed by atoms with van der Waals surface area (Å²) in [6.45, 7) is 1.44. The first-order valence-corrected chi connectivity index (χ1v) is 8.08. The minimum absolute atomic E-state index is 0.0941.